The molecule has 2 N–H and O–H groups in total. The molecule has 0 saturated carbocycles. The first-order valence-electron chi connectivity index (χ1n) is 11.5. The Bertz CT molecular complexity index is 1470. The summed E-state index contributed by atoms with van der Waals surface area (Å²) in [6, 6.07) is 17.2. The van der Waals surface area contributed by atoms with E-state index < -0.39 is 10.0 Å². The van der Waals surface area contributed by atoms with Crippen molar-refractivity contribution >= 4 is 32.5 Å². The zero-order chi connectivity index (χ0) is 24.4. The standard InChI is InChI=1S/C26H26N4O4S/c1-2-30-14-13-24-22(17-30)25(21-7-3-4-8-23(21)29-24)26(31)28-18-9-11-20(12-10-18)35(32,33)27-16-19-6-5-15-34-19/h3-12,15,27H,2,13-14,16-17H2,1H3,(H,28,31). The summed E-state index contributed by atoms with van der Waals surface area (Å²) in [5, 5.41) is 3.76. The van der Waals surface area contributed by atoms with E-state index in [0.29, 0.717) is 23.6 Å². The van der Waals surface area contributed by atoms with Crippen molar-refractivity contribution in [1.82, 2.24) is 14.6 Å². The quantitative estimate of drug-likeness (QED) is 0.407. The van der Waals surface area contributed by atoms with Crippen LogP contribution in [-0.2, 0) is 29.5 Å². The Hall–Kier alpha value is -3.53. The molecule has 0 aliphatic carbocycles. The van der Waals surface area contributed by atoms with Crippen LogP contribution in [0.4, 0.5) is 5.69 Å². The van der Waals surface area contributed by atoms with E-state index in [1.54, 1.807) is 24.3 Å². The summed E-state index contributed by atoms with van der Waals surface area (Å²) in [5.74, 6) is 0.288. The normalized spacial score (nSPS) is 14.1. The van der Waals surface area contributed by atoms with Crippen molar-refractivity contribution in [1.29, 1.82) is 0 Å². The molecule has 2 aromatic carbocycles. The number of aromatic nitrogens is 1. The molecule has 3 heterocycles. The van der Waals surface area contributed by atoms with Crippen LogP contribution in [0.15, 0.2) is 76.2 Å². The molecule has 0 bridgehead atoms. The molecular formula is C26H26N4O4S. The highest BCUT2D eigenvalue weighted by Gasteiger charge is 2.25. The van der Waals surface area contributed by atoms with Crippen molar-refractivity contribution < 1.29 is 17.6 Å². The third-order valence-corrected chi connectivity index (χ3v) is 7.66. The Balaban J connectivity index is 1.40. The van der Waals surface area contributed by atoms with Gasteiger partial charge in [-0.2, -0.15) is 0 Å². The van der Waals surface area contributed by atoms with E-state index in [1.165, 1.54) is 18.4 Å². The second kappa shape index (κ2) is 9.61. The Morgan fingerprint density at radius 3 is 2.63 bits per heavy atom. The number of furan rings is 1. The Morgan fingerprint density at radius 1 is 1.09 bits per heavy atom. The summed E-state index contributed by atoms with van der Waals surface area (Å²) in [6.45, 7) is 4.66. The van der Waals surface area contributed by atoms with Gasteiger partial charge in [0.1, 0.15) is 5.76 Å². The number of sulfonamides is 1. The molecule has 2 aromatic heterocycles. The van der Waals surface area contributed by atoms with Crippen molar-refractivity contribution in [3.8, 4) is 0 Å². The van der Waals surface area contributed by atoms with Gasteiger partial charge in [0, 0.05) is 41.8 Å². The van der Waals surface area contributed by atoms with Gasteiger partial charge in [-0.25, -0.2) is 13.1 Å². The minimum Gasteiger partial charge on any atom is -0.468 e. The zero-order valence-electron chi connectivity index (χ0n) is 19.3. The van der Waals surface area contributed by atoms with Gasteiger partial charge in [0.2, 0.25) is 10.0 Å². The fraction of sp³-hybridized carbons (Fsp3) is 0.231. The molecule has 0 unspecified atom stereocenters. The topological polar surface area (TPSA) is 105 Å². The average Bonchev–Trinajstić information content (AvgIpc) is 3.40. The number of benzene rings is 2. The van der Waals surface area contributed by atoms with Crippen molar-refractivity contribution in [3.05, 3.63) is 89.5 Å². The van der Waals surface area contributed by atoms with E-state index in [1.807, 2.05) is 24.3 Å². The molecule has 1 amide bonds. The smallest absolute Gasteiger partial charge is 0.256 e. The lowest BCUT2D eigenvalue weighted by Crippen LogP contribution is -2.33. The predicted molar refractivity (Wildman–Crippen MR) is 134 cm³/mol. The average molecular weight is 491 g/mol. The maximum Gasteiger partial charge on any atom is 0.256 e. The number of likely N-dealkylation sites (N-methyl/N-ethyl adjacent to an activating group) is 1. The first-order chi connectivity index (χ1) is 16.9. The highest BCUT2D eigenvalue weighted by molar-refractivity contribution is 7.89. The molecule has 35 heavy (non-hydrogen) atoms. The SMILES string of the molecule is CCN1CCc2nc3ccccc3c(C(=O)Nc3ccc(S(=O)(=O)NCc4ccco4)cc3)c2C1. The molecule has 0 fully saturated rings. The second-order valence-electron chi connectivity index (χ2n) is 8.43. The van der Waals surface area contributed by atoms with Crippen molar-refractivity contribution in [2.75, 3.05) is 18.4 Å². The van der Waals surface area contributed by atoms with E-state index in [0.717, 1.165) is 41.7 Å². The molecule has 0 spiro atoms. The van der Waals surface area contributed by atoms with Gasteiger partial charge in [-0.1, -0.05) is 25.1 Å². The number of anilines is 1. The summed E-state index contributed by atoms with van der Waals surface area (Å²) in [7, 11) is -3.72. The number of carbonyl (C=O) groups excluding carboxylic acids is 1. The summed E-state index contributed by atoms with van der Waals surface area (Å²) in [5.41, 5.74) is 3.85. The number of carbonyl (C=O) groups is 1. The molecule has 0 saturated heterocycles. The van der Waals surface area contributed by atoms with Gasteiger partial charge in [-0.05, 0) is 49.0 Å². The fourth-order valence-electron chi connectivity index (χ4n) is 4.35. The van der Waals surface area contributed by atoms with Crippen LogP contribution in [0.2, 0.25) is 0 Å². The fourth-order valence-corrected chi connectivity index (χ4v) is 5.34. The molecule has 5 rings (SSSR count). The number of amides is 1. The summed E-state index contributed by atoms with van der Waals surface area (Å²) >= 11 is 0. The third kappa shape index (κ3) is 4.84. The lowest BCUT2D eigenvalue weighted by atomic mass is 9.95. The Morgan fingerprint density at radius 2 is 1.89 bits per heavy atom. The van der Waals surface area contributed by atoms with Crippen LogP contribution >= 0.6 is 0 Å². The maximum absolute atomic E-state index is 13.5. The van der Waals surface area contributed by atoms with E-state index in [2.05, 4.69) is 21.9 Å². The van der Waals surface area contributed by atoms with E-state index in [-0.39, 0.29) is 17.3 Å². The number of nitrogens with one attached hydrogen (secondary N) is 2. The Labute approximate surface area is 204 Å². The monoisotopic (exact) mass is 490 g/mol. The first kappa shape index (κ1) is 23.2. The highest BCUT2D eigenvalue weighted by atomic mass is 32.2. The van der Waals surface area contributed by atoms with Crippen molar-refractivity contribution in [2.45, 2.75) is 31.3 Å². The van der Waals surface area contributed by atoms with Gasteiger partial charge in [0.25, 0.3) is 5.91 Å². The number of fused-ring (bicyclic) bond motifs is 2. The Kier molecular flexibility index (Phi) is 6.38. The van der Waals surface area contributed by atoms with Crippen molar-refractivity contribution in [2.24, 2.45) is 0 Å². The van der Waals surface area contributed by atoms with E-state index >= 15 is 0 Å². The number of hydrogen-bond acceptors (Lipinski definition) is 6. The first-order valence-corrected chi connectivity index (χ1v) is 13.0. The number of pyridine rings is 1. The third-order valence-electron chi connectivity index (χ3n) is 6.24. The largest absolute Gasteiger partial charge is 0.468 e. The van der Waals surface area contributed by atoms with Crippen LogP contribution in [0.5, 0.6) is 0 Å². The summed E-state index contributed by atoms with van der Waals surface area (Å²) < 4.78 is 32.9. The molecule has 180 valence electrons. The van der Waals surface area contributed by atoms with Crippen LogP contribution in [-0.4, -0.2) is 37.3 Å². The number of hydrogen-bond donors (Lipinski definition) is 2. The van der Waals surface area contributed by atoms with Gasteiger partial charge in [-0.3, -0.25) is 14.7 Å². The van der Waals surface area contributed by atoms with Gasteiger partial charge in [-0.15, -0.1) is 0 Å². The molecule has 8 nitrogen and oxygen atoms in total. The summed E-state index contributed by atoms with van der Waals surface area (Å²) in [6.07, 6.45) is 2.29. The molecule has 4 aromatic rings. The van der Waals surface area contributed by atoms with Crippen LogP contribution in [0.1, 0.15) is 34.3 Å². The molecule has 0 atom stereocenters. The lowest BCUT2D eigenvalue weighted by Gasteiger charge is -2.29. The van der Waals surface area contributed by atoms with Gasteiger partial charge >= 0.3 is 0 Å². The molecular weight excluding hydrogens is 464 g/mol. The van der Waals surface area contributed by atoms with Crippen LogP contribution in [0.25, 0.3) is 10.9 Å². The summed E-state index contributed by atoms with van der Waals surface area (Å²) in [4.78, 5) is 20.7. The molecule has 9 heteroatoms. The van der Waals surface area contributed by atoms with Gasteiger partial charge < -0.3 is 9.73 Å². The second-order valence-corrected chi connectivity index (χ2v) is 10.2. The lowest BCUT2D eigenvalue weighted by molar-refractivity contribution is 0.102. The zero-order valence-corrected chi connectivity index (χ0v) is 20.1. The number of nitrogens with zero attached hydrogens (tertiary/aromatic N) is 2. The molecule has 0 radical (unpaired) electrons. The van der Waals surface area contributed by atoms with Gasteiger partial charge in [0.05, 0.1) is 28.8 Å². The highest BCUT2D eigenvalue weighted by Crippen LogP contribution is 2.29. The number of para-hydroxylation sites is 1. The predicted octanol–water partition coefficient (Wildman–Crippen LogP) is 3.94. The minimum atomic E-state index is -3.72. The van der Waals surface area contributed by atoms with Crippen molar-refractivity contribution in [3.63, 3.8) is 0 Å². The van der Waals surface area contributed by atoms with Crippen LogP contribution < -0.4 is 10.0 Å². The minimum absolute atomic E-state index is 0.0584. The van der Waals surface area contributed by atoms with E-state index in [4.69, 9.17) is 9.40 Å². The number of rotatable bonds is 7. The molecule has 1 aliphatic rings. The molecule has 1 aliphatic heterocycles. The van der Waals surface area contributed by atoms with Crippen LogP contribution in [0, 0.1) is 0 Å². The maximum atomic E-state index is 13.5. The van der Waals surface area contributed by atoms with E-state index in [9.17, 15) is 13.2 Å². The van der Waals surface area contributed by atoms with Crippen LogP contribution in [0.3, 0.4) is 0 Å². The van der Waals surface area contributed by atoms with Gasteiger partial charge in [0.15, 0.2) is 0 Å².